The van der Waals surface area contributed by atoms with Gasteiger partial charge in [0.2, 0.25) is 0 Å². The number of Topliss-reactive ketones (excluding diaryl/α,β-unsaturated/α-hetero) is 1. The molecule has 0 amide bonds. The van der Waals surface area contributed by atoms with E-state index >= 15 is 0 Å². The summed E-state index contributed by atoms with van der Waals surface area (Å²) in [4.78, 5) is 39.4. The third kappa shape index (κ3) is 4.72. The van der Waals surface area contributed by atoms with Crippen LogP contribution in [0.25, 0.3) is 10.8 Å². The Labute approximate surface area is 171 Å². The fourth-order valence-corrected chi connectivity index (χ4v) is 3.22. The Hall–Kier alpha value is -3.94. The number of aryl methyl sites for hydroxylation is 1. The molecule has 8 nitrogen and oxygen atoms in total. The van der Waals surface area contributed by atoms with Gasteiger partial charge in [-0.1, -0.05) is 30.3 Å². The smallest absolute Gasteiger partial charge is 0.328 e. The summed E-state index contributed by atoms with van der Waals surface area (Å²) < 4.78 is 5.84. The van der Waals surface area contributed by atoms with Crippen LogP contribution in [0.1, 0.15) is 21.7 Å². The number of aromatic nitrogens is 2. The summed E-state index contributed by atoms with van der Waals surface area (Å²) in [6, 6.07) is 11.8. The molecule has 1 aliphatic heterocycles. The second kappa shape index (κ2) is 9.04. The zero-order valence-electron chi connectivity index (χ0n) is 16.2. The number of hydrogen-bond donors (Lipinski definition) is 3. The number of rotatable bonds is 4. The molecule has 3 N–H and O–H groups in total. The van der Waals surface area contributed by atoms with Crippen LogP contribution in [0.4, 0.5) is 0 Å². The number of H-pyrrole nitrogens is 1. The largest absolute Gasteiger partial charge is 0.492 e. The number of carbonyl (C=O) groups is 3. The van der Waals surface area contributed by atoms with Gasteiger partial charge in [0.15, 0.2) is 5.78 Å². The van der Waals surface area contributed by atoms with Crippen LogP contribution in [-0.4, -0.2) is 44.5 Å². The first-order chi connectivity index (χ1) is 14.4. The van der Waals surface area contributed by atoms with Crippen molar-refractivity contribution >= 4 is 28.5 Å². The van der Waals surface area contributed by atoms with Crippen LogP contribution in [0, 0.1) is 12.8 Å². The molecule has 0 fully saturated rings. The van der Waals surface area contributed by atoms with E-state index in [0.717, 1.165) is 22.2 Å². The summed E-state index contributed by atoms with van der Waals surface area (Å²) in [5.41, 5.74) is 2.66. The topological polar surface area (TPSA) is 130 Å². The maximum atomic E-state index is 13.0. The molecule has 0 saturated carbocycles. The lowest BCUT2D eigenvalue weighted by Crippen LogP contribution is -2.30. The molecule has 0 radical (unpaired) electrons. The van der Waals surface area contributed by atoms with E-state index in [1.807, 2.05) is 43.3 Å². The quantitative estimate of drug-likeness (QED) is 0.566. The summed E-state index contributed by atoms with van der Waals surface area (Å²) in [6.45, 7) is 2.39. The number of carboxylic acids is 2. The number of carbonyl (C=O) groups excluding carboxylic acids is 1. The molecule has 1 unspecified atom stereocenters. The predicted molar refractivity (Wildman–Crippen MR) is 109 cm³/mol. The minimum atomic E-state index is -1.26. The molecule has 0 saturated heterocycles. The summed E-state index contributed by atoms with van der Waals surface area (Å²) in [5.74, 6) is -1.85. The van der Waals surface area contributed by atoms with Gasteiger partial charge >= 0.3 is 11.9 Å². The van der Waals surface area contributed by atoms with Crippen LogP contribution >= 0.6 is 0 Å². The highest BCUT2D eigenvalue weighted by atomic mass is 16.5. The zero-order valence-corrected chi connectivity index (χ0v) is 16.2. The van der Waals surface area contributed by atoms with Crippen molar-refractivity contribution in [3.05, 3.63) is 71.8 Å². The van der Waals surface area contributed by atoms with Gasteiger partial charge < -0.3 is 19.9 Å². The van der Waals surface area contributed by atoms with Gasteiger partial charge in [0, 0.05) is 24.3 Å². The maximum absolute atomic E-state index is 13.0. The number of hydrogen-bond acceptors (Lipinski definition) is 5. The van der Waals surface area contributed by atoms with Gasteiger partial charge in [0.05, 0.1) is 30.1 Å². The maximum Gasteiger partial charge on any atom is 0.328 e. The van der Waals surface area contributed by atoms with Gasteiger partial charge in [-0.05, 0) is 23.8 Å². The molecule has 3 aromatic rings. The van der Waals surface area contributed by atoms with E-state index in [9.17, 15) is 14.4 Å². The van der Waals surface area contributed by atoms with Crippen LogP contribution in [0.15, 0.2) is 54.9 Å². The molecule has 30 heavy (non-hydrogen) atoms. The summed E-state index contributed by atoms with van der Waals surface area (Å²) in [6.07, 6.45) is 3.39. The predicted octanol–water partition coefficient (Wildman–Crippen LogP) is 3.02. The fourth-order valence-electron chi connectivity index (χ4n) is 3.22. The van der Waals surface area contributed by atoms with Gasteiger partial charge in [-0.2, -0.15) is 0 Å². The summed E-state index contributed by atoms with van der Waals surface area (Å²) in [7, 11) is 0. The number of benzene rings is 2. The first-order valence-corrected chi connectivity index (χ1v) is 9.18. The number of fused-ring (bicyclic) bond motifs is 3. The molecular weight excluding hydrogens is 388 g/mol. The lowest BCUT2D eigenvalue weighted by molar-refractivity contribution is -0.134. The minimum absolute atomic E-state index is 0.153. The number of aliphatic carboxylic acids is 2. The summed E-state index contributed by atoms with van der Waals surface area (Å²) >= 11 is 0. The average Bonchev–Trinajstić information content (AvgIpc) is 3.13. The Balaban J connectivity index is 0.000000275. The Morgan fingerprint density at radius 3 is 2.50 bits per heavy atom. The second-order valence-electron chi connectivity index (χ2n) is 6.72. The van der Waals surface area contributed by atoms with Gasteiger partial charge in [-0.25, -0.2) is 14.6 Å². The van der Waals surface area contributed by atoms with Crippen LogP contribution in [-0.2, 0) is 16.0 Å². The van der Waals surface area contributed by atoms with E-state index in [1.165, 1.54) is 0 Å². The number of aromatic amines is 1. The van der Waals surface area contributed by atoms with Crippen LogP contribution in [0.2, 0.25) is 0 Å². The van der Waals surface area contributed by atoms with Gasteiger partial charge in [0.25, 0.3) is 0 Å². The molecule has 8 heteroatoms. The molecule has 2 heterocycles. The van der Waals surface area contributed by atoms with Crippen molar-refractivity contribution < 1.29 is 29.3 Å². The fraction of sp³-hybridized carbons (Fsp3) is 0.182. The molecular formula is C22H20N2O6. The minimum Gasteiger partial charge on any atom is -0.492 e. The van der Waals surface area contributed by atoms with E-state index in [2.05, 4.69) is 9.97 Å². The van der Waals surface area contributed by atoms with Crippen molar-refractivity contribution in [2.45, 2.75) is 13.3 Å². The Bertz CT molecular complexity index is 1120. The van der Waals surface area contributed by atoms with E-state index in [0.29, 0.717) is 36.5 Å². The SMILES string of the molecule is Cc1[nH]cnc1CC1COc2ccc3ccccc3c2C1=O.O=C(O)/C=C\C(=O)O. The Morgan fingerprint density at radius 2 is 1.87 bits per heavy atom. The lowest BCUT2D eigenvalue weighted by Gasteiger charge is -2.25. The number of imidazole rings is 1. The molecule has 1 aliphatic rings. The number of nitrogens with one attached hydrogen (secondary N) is 1. The number of ketones is 1. The zero-order chi connectivity index (χ0) is 21.7. The van der Waals surface area contributed by atoms with Crippen LogP contribution in [0.5, 0.6) is 5.75 Å². The van der Waals surface area contributed by atoms with Crippen molar-refractivity contribution in [3.8, 4) is 5.75 Å². The number of ether oxygens (including phenoxy) is 1. The van der Waals surface area contributed by atoms with E-state index in [1.54, 1.807) is 6.33 Å². The normalized spacial score (nSPS) is 15.2. The molecule has 1 atom stereocenters. The third-order valence-electron chi connectivity index (χ3n) is 4.69. The highest BCUT2D eigenvalue weighted by molar-refractivity contribution is 6.12. The van der Waals surface area contributed by atoms with Crippen molar-refractivity contribution in [1.29, 1.82) is 0 Å². The first-order valence-electron chi connectivity index (χ1n) is 9.18. The highest BCUT2D eigenvalue weighted by Crippen LogP contribution is 2.34. The Morgan fingerprint density at radius 1 is 1.17 bits per heavy atom. The summed E-state index contributed by atoms with van der Waals surface area (Å²) in [5, 5.41) is 17.7. The van der Waals surface area contributed by atoms with Crippen molar-refractivity contribution in [3.63, 3.8) is 0 Å². The molecule has 0 bridgehead atoms. The molecule has 4 rings (SSSR count). The van der Waals surface area contributed by atoms with Gasteiger partial charge in [-0.3, -0.25) is 4.79 Å². The molecule has 1 aromatic heterocycles. The third-order valence-corrected chi connectivity index (χ3v) is 4.69. The van der Waals surface area contributed by atoms with E-state index in [4.69, 9.17) is 14.9 Å². The van der Waals surface area contributed by atoms with Crippen molar-refractivity contribution in [2.24, 2.45) is 5.92 Å². The van der Waals surface area contributed by atoms with Crippen LogP contribution in [0.3, 0.4) is 0 Å². The number of carboxylic acid groups (broad SMARTS) is 2. The van der Waals surface area contributed by atoms with E-state index < -0.39 is 11.9 Å². The average molecular weight is 408 g/mol. The number of nitrogens with zero attached hydrogens (tertiary/aromatic N) is 1. The standard InChI is InChI=1S/C18H16N2O2.C4H4O4/c1-11-15(20-10-19-11)8-13-9-22-16-7-6-12-4-2-3-5-14(12)17(16)18(13)21;5-3(6)1-2-4(7)8/h2-7,10,13H,8-9H2,1H3,(H,19,20);1-2H,(H,5,6)(H,7,8)/b;2-1-. The molecule has 2 aromatic carbocycles. The lowest BCUT2D eigenvalue weighted by atomic mass is 9.88. The molecule has 154 valence electrons. The van der Waals surface area contributed by atoms with Crippen molar-refractivity contribution in [1.82, 2.24) is 9.97 Å². The molecule has 0 spiro atoms. The highest BCUT2D eigenvalue weighted by Gasteiger charge is 2.31. The monoisotopic (exact) mass is 408 g/mol. The molecule has 0 aliphatic carbocycles. The second-order valence-corrected chi connectivity index (χ2v) is 6.72. The van der Waals surface area contributed by atoms with Gasteiger partial charge in [0.1, 0.15) is 5.75 Å². The van der Waals surface area contributed by atoms with E-state index in [-0.39, 0.29) is 11.7 Å². The van der Waals surface area contributed by atoms with Crippen molar-refractivity contribution in [2.75, 3.05) is 6.61 Å². The first kappa shape index (κ1) is 20.8. The van der Waals surface area contributed by atoms with Gasteiger partial charge in [-0.15, -0.1) is 0 Å². The van der Waals surface area contributed by atoms with Crippen LogP contribution < -0.4 is 4.74 Å². The Kier molecular flexibility index (Phi) is 6.26.